The Balaban J connectivity index is 1.55. The first-order valence-corrected chi connectivity index (χ1v) is 12.1. The fraction of sp³-hybridized carbons (Fsp3) is 0.346. The van der Waals surface area contributed by atoms with Crippen LogP contribution in [-0.4, -0.2) is 48.7 Å². The lowest BCUT2D eigenvalue weighted by molar-refractivity contribution is -0.141. The van der Waals surface area contributed by atoms with Crippen LogP contribution < -0.4 is 24.3 Å². The van der Waals surface area contributed by atoms with Crippen molar-refractivity contribution in [1.29, 1.82) is 0 Å². The molecule has 1 aliphatic carbocycles. The number of esters is 1. The summed E-state index contributed by atoms with van der Waals surface area (Å²) in [7, 11) is 2.93. The number of ether oxygens (including phenoxy) is 5. The average molecular weight is 526 g/mol. The number of phenolic OH excluding ortho intramolecular Hbond substituents is 1. The molecule has 0 spiro atoms. The summed E-state index contributed by atoms with van der Waals surface area (Å²) < 4.78 is 27.8. The molecule has 0 bridgehead atoms. The Labute approximate surface area is 217 Å². The van der Waals surface area contributed by atoms with Crippen LogP contribution in [0.1, 0.15) is 34.3 Å². The average Bonchev–Trinajstić information content (AvgIpc) is 3.49. The van der Waals surface area contributed by atoms with Crippen molar-refractivity contribution in [2.24, 2.45) is 11.8 Å². The molecule has 0 saturated carbocycles. The summed E-state index contributed by atoms with van der Waals surface area (Å²) in [5.74, 6) is 0.329. The summed E-state index contributed by atoms with van der Waals surface area (Å²) in [6.45, 7) is 2.14. The molecule has 0 radical (unpaired) electrons. The van der Waals surface area contributed by atoms with Gasteiger partial charge in [0.2, 0.25) is 18.5 Å². The van der Waals surface area contributed by atoms with Crippen molar-refractivity contribution >= 4 is 23.5 Å². The van der Waals surface area contributed by atoms with E-state index in [2.05, 4.69) is 15.3 Å². The number of benzene rings is 2. The number of aryl methyl sites for hydroxylation is 1. The van der Waals surface area contributed by atoms with Crippen molar-refractivity contribution < 1.29 is 33.6 Å². The number of phenols is 1. The predicted octanol–water partition coefficient (Wildman–Crippen LogP) is 3.98. The molecule has 11 heteroatoms. The molecule has 2 N–H and O–H groups in total. The standard InChI is InChI=1S/C26H24ClN3O7/c1-11-4-20(27)29-26(28-11)30-23-14-8-17-16(36-10-37-17)7-13(14)21(22-15(23)9-35-25(22)32)12-5-18(33-2)24(31)19(6-12)34-3/h4-8,15,21-23,31H,9-10H2,1-3H3,(H,28,29,30)/t15-,21-,22-,23-/m0/s1. The van der Waals surface area contributed by atoms with Gasteiger partial charge in [0.15, 0.2) is 23.0 Å². The van der Waals surface area contributed by atoms with Crippen LogP contribution in [0.3, 0.4) is 0 Å². The molecule has 2 aromatic carbocycles. The Morgan fingerprint density at radius 1 is 1.00 bits per heavy atom. The maximum Gasteiger partial charge on any atom is 0.310 e. The minimum absolute atomic E-state index is 0.105. The van der Waals surface area contributed by atoms with Gasteiger partial charge in [-0.3, -0.25) is 4.79 Å². The summed E-state index contributed by atoms with van der Waals surface area (Å²) in [6, 6.07) is 8.55. The molecule has 0 unspecified atom stereocenters. The number of fused-ring (bicyclic) bond motifs is 3. The number of hydrogen-bond acceptors (Lipinski definition) is 10. The molecule has 1 fully saturated rings. The summed E-state index contributed by atoms with van der Waals surface area (Å²) in [6.07, 6.45) is 0. The highest BCUT2D eigenvalue weighted by Gasteiger charge is 2.53. The van der Waals surface area contributed by atoms with E-state index in [4.69, 9.17) is 35.3 Å². The maximum absolute atomic E-state index is 13.2. The van der Waals surface area contributed by atoms with E-state index in [9.17, 15) is 9.90 Å². The highest BCUT2D eigenvalue weighted by Crippen LogP contribution is 2.56. The van der Waals surface area contributed by atoms with Gasteiger partial charge in [0.05, 0.1) is 32.8 Å². The third-order valence-electron chi connectivity index (χ3n) is 7.16. The number of anilines is 1. The lowest BCUT2D eigenvalue weighted by atomic mass is 9.65. The third-order valence-corrected chi connectivity index (χ3v) is 7.35. The van der Waals surface area contributed by atoms with Gasteiger partial charge in [-0.15, -0.1) is 0 Å². The number of cyclic esters (lactones) is 1. The lowest BCUT2D eigenvalue weighted by Gasteiger charge is -2.39. The minimum atomic E-state index is -0.551. The lowest BCUT2D eigenvalue weighted by Crippen LogP contribution is -2.38. The first kappa shape index (κ1) is 23.5. The van der Waals surface area contributed by atoms with Crippen LogP contribution in [0.2, 0.25) is 5.15 Å². The monoisotopic (exact) mass is 525 g/mol. The summed E-state index contributed by atoms with van der Waals surface area (Å²) in [4.78, 5) is 22.1. The van der Waals surface area contributed by atoms with E-state index >= 15 is 0 Å². The van der Waals surface area contributed by atoms with Gasteiger partial charge < -0.3 is 34.1 Å². The normalized spacial score (nSPS) is 23.2. The number of carbonyl (C=O) groups is 1. The Kier molecular flexibility index (Phi) is 5.63. The second-order valence-electron chi connectivity index (χ2n) is 9.18. The van der Waals surface area contributed by atoms with Crippen LogP contribution in [0, 0.1) is 18.8 Å². The topological polar surface area (TPSA) is 121 Å². The molecule has 4 atom stereocenters. The summed E-state index contributed by atoms with van der Waals surface area (Å²) in [5, 5.41) is 14.2. The van der Waals surface area contributed by atoms with Gasteiger partial charge in [-0.05, 0) is 53.9 Å². The third kappa shape index (κ3) is 3.83. The minimum Gasteiger partial charge on any atom is -0.502 e. The van der Waals surface area contributed by atoms with Gasteiger partial charge in [-0.25, -0.2) is 9.97 Å². The highest BCUT2D eigenvalue weighted by atomic mass is 35.5. The number of halogens is 1. The number of nitrogens with one attached hydrogen (secondary N) is 1. The van der Waals surface area contributed by atoms with Crippen molar-refractivity contribution in [2.75, 3.05) is 32.9 Å². The van der Waals surface area contributed by atoms with Crippen LogP contribution in [0.5, 0.6) is 28.7 Å². The van der Waals surface area contributed by atoms with Gasteiger partial charge in [0.1, 0.15) is 5.15 Å². The van der Waals surface area contributed by atoms with Gasteiger partial charge in [-0.1, -0.05) is 11.6 Å². The Morgan fingerprint density at radius 3 is 2.32 bits per heavy atom. The Bertz CT molecular complexity index is 1370. The van der Waals surface area contributed by atoms with Crippen LogP contribution in [0.4, 0.5) is 5.95 Å². The smallest absolute Gasteiger partial charge is 0.310 e. The van der Waals surface area contributed by atoms with E-state index in [0.29, 0.717) is 28.3 Å². The van der Waals surface area contributed by atoms with Gasteiger partial charge in [-0.2, -0.15) is 0 Å². The van der Waals surface area contributed by atoms with Gasteiger partial charge in [0.25, 0.3) is 0 Å². The van der Waals surface area contributed by atoms with Gasteiger partial charge >= 0.3 is 5.97 Å². The fourth-order valence-electron chi connectivity index (χ4n) is 5.57. The summed E-state index contributed by atoms with van der Waals surface area (Å²) in [5.41, 5.74) is 3.17. The van der Waals surface area contributed by atoms with Gasteiger partial charge in [0, 0.05) is 17.5 Å². The van der Waals surface area contributed by atoms with Crippen LogP contribution in [0.15, 0.2) is 30.3 Å². The molecule has 2 aliphatic heterocycles. The van der Waals surface area contributed by atoms with E-state index < -0.39 is 11.8 Å². The first-order valence-electron chi connectivity index (χ1n) is 11.7. The number of rotatable bonds is 5. The van der Waals surface area contributed by atoms with E-state index in [0.717, 1.165) is 16.7 Å². The number of carbonyl (C=O) groups excluding carboxylic acids is 1. The first-order chi connectivity index (χ1) is 17.9. The number of hydrogen-bond donors (Lipinski definition) is 2. The quantitative estimate of drug-likeness (QED) is 0.373. The fourth-order valence-corrected chi connectivity index (χ4v) is 5.81. The molecule has 6 rings (SSSR count). The van der Waals surface area contributed by atoms with Crippen molar-refractivity contribution in [3.63, 3.8) is 0 Å². The maximum atomic E-state index is 13.2. The van der Waals surface area contributed by atoms with E-state index in [1.165, 1.54) is 14.2 Å². The SMILES string of the molecule is COc1cc([C@H]2c3cc4c(cc3[C@H](Nc3nc(C)cc(Cl)n3)[C@H]3COC(=O)[C@H]23)OCO4)cc(OC)c1O. The van der Waals surface area contributed by atoms with Crippen molar-refractivity contribution in [3.05, 3.63) is 57.9 Å². The zero-order valence-electron chi connectivity index (χ0n) is 20.3. The largest absolute Gasteiger partial charge is 0.502 e. The molecule has 0 amide bonds. The molecule has 37 heavy (non-hydrogen) atoms. The molecule has 3 aromatic rings. The second-order valence-corrected chi connectivity index (χ2v) is 9.57. The van der Waals surface area contributed by atoms with Crippen molar-refractivity contribution in [2.45, 2.75) is 18.9 Å². The molecule has 1 saturated heterocycles. The zero-order valence-corrected chi connectivity index (χ0v) is 21.0. The molecule has 1 aromatic heterocycles. The highest BCUT2D eigenvalue weighted by molar-refractivity contribution is 6.29. The second kappa shape index (κ2) is 8.88. The molecular formula is C26H24ClN3O7. The van der Waals surface area contributed by atoms with Crippen molar-refractivity contribution in [3.8, 4) is 28.7 Å². The Morgan fingerprint density at radius 2 is 1.68 bits per heavy atom. The number of nitrogens with zero attached hydrogens (tertiary/aromatic N) is 2. The van der Waals surface area contributed by atoms with Crippen LogP contribution in [-0.2, 0) is 9.53 Å². The molecule has 192 valence electrons. The molecular weight excluding hydrogens is 502 g/mol. The van der Waals surface area contributed by atoms with Crippen LogP contribution in [0.25, 0.3) is 0 Å². The van der Waals surface area contributed by atoms with Crippen molar-refractivity contribution in [1.82, 2.24) is 9.97 Å². The molecule has 3 heterocycles. The molecule has 3 aliphatic rings. The zero-order chi connectivity index (χ0) is 25.8. The Hall–Kier alpha value is -3.92. The van der Waals surface area contributed by atoms with E-state index in [1.807, 2.05) is 19.1 Å². The van der Waals surface area contributed by atoms with E-state index in [1.54, 1.807) is 18.2 Å². The summed E-state index contributed by atoms with van der Waals surface area (Å²) >= 11 is 6.20. The van der Waals surface area contributed by atoms with E-state index in [-0.39, 0.29) is 48.6 Å². The number of methoxy groups -OCH3 is 2. The van der Waals surface area contributed by atoms with Crippen LogP contribution >= 0.6 is 11.6 Å². The molecule has 10 nitrogen and oxygen atoms in total. The number of aromatic nitrogens is 2. The number of aromatic hydroxyl groups is 1. The predicted molar refractivity (Wildman–Crippen MR) is 132 cm³/mol.